The molecule has 1 rings (SSSR count). The zero-order chi connectivity index (χ0) is 7.11. The Hall–Kier alpha value is 0.580. The van der Waals surface area contributed by atoms with Gasteiger partial charge in [0.2, 0.25) is 0 Å². The highest BCUT2D eigenvalue weighted by molar-refractivity contribution is 8.20. The summed E-state index contributed by atoms with van der Waals surface area (Å²) >= 11 is 14.6. The summed E-state index contributed by atoms with van der Waals surface area (Å²) in [5, 5.41) is 0. The van der Waals surface area contributed by atoms with Crippen LogP contribution in [-0.4, -0.2) is 4.98 Å². The molecule has 1 aromatic heterocycles. The zero-order valence-corrected chi connectivity index (χ0v) is 7.55. The van der Waals surface area contributed by atoms with Gasteiger partial charge in [-0.25, -0.2) is 0 Å². The van der Waals surface area contributed by atoms with Gasteiger partial charge in [-0.1, -0.05) is 33.7 Å². The average molecular weight is 204 g/mol. The minimum atomic E-state index is -1.20. The van der Waals surface area contributed by atoms with Crippen molar-refractivity contribution in [2.75, 3.05) is 0 Å². The van der Waals surface area contributed by atoms with E-state index in [2.05, 4.69) is 4.98 Å². The van der Waals surface area contributed by atoms with E-state index in [9.17, 15) is 0 Å². The van der Waals surface area contributed by atoms with Crippen molar-refractivity contribution in [2.24, 2.45) is 0 Å². The van der Waals surface area contributed by atoms with Gasteiger partial charge in [-0.05, 0) is 12.1 Å². The maximum absolute atomic E-state index is 4.87. The predicted molar refractivity (Wildman–Crippen MR) is 45.3 cm³/mol. The lowest BCUT2D eigenvalue weighted by atomic mass is 10.7. The normalized spacial score (nSPS) is 8.44. The molecule has 0 aliphatic heterocycles. The molecule has 0 unspecified atom stereocenters. The SMILES string of the molecule is ClP(Cl)Cl.c1cc[nH]c1. The van der Waals surface area contributed by atoms with Crippen LogP contribution in [0.2, 0.25) is 0 Å². The lowest BCUT2D eigenvalue weighted by Crippen LogP contribution is -1.38. The molecule has 0 aliphatic rings. The van der Waals surface area contributed by atoms with Crippen molar-refractivity contribution in [1.29, 1.82) is 0 Å². The quantitative estimate of drug-likeness (QED) is 0.616. The number of H-pyrrole nitrogens is 1. The molecule has 0 spiro atoms. The first-order chi connectivity index (χ1) is 4.23. The average Bonchev–Trinajstić information content (AvgIpc) is 2.11. The summed E-state index contributed by atoms with van der Waals surface area (Å²) < 4.78 is 0. The first kappa shape index (κ1) is 9.58. The molecular formula is C4H5Cl3NP. The lowest BCUT2D eigenvalue weighted by molar-refractivity contribution is 1.42. The highest BCUT2D eigenvalue weighted by atomic mass is 36.0. The van der Waals surface area contributed by atoms with Gasteiger partial charge in [0.1, 0.15) is 0 Å². The van der Waals surface area contributed by atoms with Gasteiger partial charge in [-0.2, -0.15) is 0 Å². The van der Waals surface area contributed by atoms with Gasteiger partial charge < -0.3 is 4.98 Å². The van der Waals surface area contributed by atoms with E-state index in [1.165, 1.54) is 0 Å². The van der Waals surface area contributed by atoms with Gasteiger partial charge in [-0.15, -0.1) is 0 Å². The van der Waals surface area contributed by atoms with E-state index in [1.807, 2.05) is 24.5 Å². The Morgan fingerprint density at radius 1 is 1.00 bits per heavy atom. The number of hydrogen-bond acceptors (Lipinski definition) is 0. The molecule has 1 aromatic rings. The number of aromatic nitrogens is 1. The van der Waals surface area contributed by atoms with Crippen molar-refractivity contribution in [1.82, 2.24) is 4.98 Å². The van der Waals surface area contributed by atoms with Crippen LogP contribution in [0.4, 0.5) is 0 Å². The summed E-state index contributed by atoms with van der Waals surface area (Å²) in [6.07, 6.45) is 3.75. The molecule has 0 atom stereocenters. The van der Waals surface area contributed by atoms with Crippen molar-refractivity contribution >= 4 is 39.7 Å². The van der Waals surface area contributed by atoms with Gasteiger partial charge in [0, 0.05) is 12.4 Å². The smallest absolute Gasteiger partial charge is 0.179 e. The molecule has 5 heteroatoms. The molecule has 0 radical (unpaired) electrons. The van der Waals surface area contributed by atoms with Crippen LogP contribution in [0.25, 0.3) is 0 Å². The van der Waals surface area contributed by atoms with Gasteiger partial charge in [0.25, 0.3) is 0 Å². The summed E-state index contributed by atoms with van der Waals surface area (Å²) in [4.78, 5) is 2.86. The van der Waals surface area contributed by atoms with Crippen molar-refractivity contribution in [3.05, 3.63) is 24.5 Å². The molecule has 1 heterocycles. The summed E-state index contributed by atoms with van der Waals surface area (Å²) in [6, 6.07) is 3.89. The predicted octanol–water partition coefficient (Wildman–Crippen LogP) is 3.94. The standard InChI is InChI=1S/C4H5N.Cl3P/c1-2-4-5-3-1;1-4(2)3/h1-5H;. The Balaban J connectivity index is 0.000000148. The summed E-state index contributed by atoms with van der Waals surface area (Å²) in [5.41, 5.74) is 0. The van der Waals surface area contributed by atoms with E-state index < -0.39 is 5.98 Å². The zero-order valence-electron chi connectivity index (χ0n) is 4.39. The molecule has 0 amide bonds. The van der Waals surface area contributed by atoms with Crippen LogP contribution in [0.3, 0.4) is 0 Å². The fourth-order valence-electron chi connectivity index (χ4n) is 0.278. The number of hydrogen-bond donors (Lipinski definition) is 1. The minimum absolute atomic E-state index is 1.20. The van der Waals surface area contributed by atoms with E-state index in [-0.39, 0.29) is 0 Å². The van der Waals surface area contributed by atoms with Crippen LogP contribution in [0.5, 0.6) is 0 Å². The van der Waals surface area contributed by atoms with E-state index in [0.717, 1.165) is 0 Å². The fourth-order valence-corrected chi connectivity index (χ4v) is 0.278. The van der Waals surface area contributed by atoms with Crippen LogP contribution in [0, 0.1) is 0 Å². The Kier molecular flexibility index (Phi) is 7.13. The lowest BCUT2D eigenvalue weighted by Gasteiger charge is -1.68. The Labute approximate surface area is 69.4 Å². The summed E-state index contributed by atoms with van der Waals surface area (Å²) in [6.45, 7) is 0. The summed E-state index contributed by atoms with van der Waals surface area (Å²) in [5.74, 6) is -1.20. The molecule has 9 heavy (non-hydrogen) atoms. The maximum atomic E-state index is 4.87. The first-order valence-electron chi connectivity index (χ1n) is 2.08. The number of aromatic amines is 1. The highest BCUT2D eigenvalue weighted by Crippen LogP contribution is 2.51. The third-order valence-corrected chi connectivity index (χ3v) is 0.496. The second-order valence-electron chi connectivity index (χ2n) is 1.08. The Morgan fingerprint density at radius 2 is 1.33 bits per heavy atom. The fraction of sp³-hybridized carbons (Fsp3) is 0. The van der Waals surface area contributed by atoms with Gasteiger partial charge in [0.15, 0.2) is 5.98 Å². The number of halogens is 3. The third-order valence-electron chi connectivity index (χ3n) is 0.496. The van der Waals surface area contributed by atoms with Crippen molar-refractivity contribution in [3.63, 3.8) is 0 Å². The number of rotatable bonds is 0. The largest absolute Gasteiger partial charge is 0.368 e. The van der Waals surface area contributed by atoms with Crippen LogP contribution in [0.1, 0.15) is 0 Å². The topological polar surface area (TPSA) is 15.8 Å². The second kappa shape index (κ2) is 6.70. The molecule has 0 bridgehead atoms. The van der Waals surface area contributed by atoms with Crippen LogP contribution < -0.4 is 0 Å². The van der Waals surface area contributed by atoms with E-state index in [0.29, 0.717) is 0 Å². The molecule has 52 valence electrons. The summed E-state index contributed by atoms with van der Waals surface area (Å²) in [7, 11) is 0. The molecular weight excluding hydrogens is 199 g/mol. The Morgan fingerprint density at radius 3 is 1.44 bits per heavy atom. The van der Waals surface area contributed by atoms with E-state index in [1.54, 1.807) is 0 Å². The second-order valence-corrected chi connectivity index (χ2v) is 6.06. The van der Waals surface area contributed by atoms with Crippen molar-refractivity contribution in [3.8, 4) is 0 Å². The molecule has 0 saturated heterocycles. The first-order valence-corrected chi connectivity index (χ1v) is 6.14. The molecule has 1 nitrogen and oxygen atoms in total. The third kappa shape index (κ3) is 11.9. The minimum Gasteiger partial charge on any atom is -0.368 e. The monoisotopic (exact) mass is 203 g/mol. The van der Waals surface area contributed by atoms with Gasteiger partial charge in [-0.3, -0.25) is 0 Å². The van der Waals surface area contributed by atoms with Crippen LogP contribution in [-0.2, 0) is 0 Å². The molecule has 0 saturated carbocycles. The van der Waals surface area contributed by atoms with Crippen molar-refractivity contribution < 1.29 is 0 Å². The van der Waals surface area contributed by atoms with Gasteiger partial charge in [0.05, 0.1) is 0 Å². The van der Waals surface area contributed by atoms with Crippen LogP contribution in [0.15, 0.2) is 24.5 Å². The van der Waals surface area contributed by atoms with Gasteiger partial charge >= 0.3 is 0 Å². The number of nitrogens with one attached hydrogen (secondary N) is 1. The van der Waals surface area contributed by atoms with Crippen LogP contribution >= 0.6 is 39.7 Å². The van der Waals surface area contributed by atoms with Crippen molar-refractivity contribution in [2.45, 2.75) is 0 Å². The highest BCUT2D eigenvalue weighted by Gasteiger charge is 1.80. The maximum Gasteiger partial charge on any atom is 0.179 e. The Bertz CT molecular complexity index is 99.4. The van der Waals surface area contributed by atoms with E-state index in [4.69, 9.17) is 33.7 Å². The molecule has 1 N–H and O–H groups in total. The van der Waals surface area contributed by atoms with E-state index >= 15 is 0 Å². The molecule has 0 aromatic carbocycles. The molecule has 0 aliphatic carbocycles. The molecule has 0 fully saturated rings.